The number of likely N-dealkylation sites (N-methyl/N-ethyl adjacent to an activating group) is 1. The van der Waals surface area contributed by atoms with E-state index in [9.17, 15) is 9.59 Å². The fourth-order valence-electron chi connectivity index (χ4n) is 3.39. The van der Waals surface area contributed by atoms with Gasteiger partial charge in [-0.3, -0.25) is 14.5 Å². The minimum Gasteiger partial charge on any atom is -0.484 e. The van der Waals surface area contributed by atoms with E-state index in [1.165, 1.54) is 0 Å². The molecular formula is C19H26ClN3O3. The molecule has 0 saturated heterocycles. The van der Waals surface area contributed by atoms with E-state index in [1.807, 2.05) is 25.9 Å². The third-order valence-electron chi connectivity index (χ3n) is 5.59. The molecule has 26 heavy (non-hydrogen) atoms. The van der Waals surface area contributed by atoms with Crippen LogP contribution in [0.25, 0.3) is 0 Å². The predicted octanol–water partition coefficient (Wildman–Crippen LogP) is 1.97. The van der Waals surface area contributed by atoms with Gasteiger partial charge in [0.05, 0.1) is 17.1 Å². The molecule has 2 N–H and O–H groups in total. The summed E-state index contributed by atoms with van der Waals surface area (Å²) in [4.78, 5) is 26.8. The van der Waals surface area contributed by atoms with Gasteiger partial charge in [-0.2, -0.15) is 0 Å². The third kappa shape index (κ3) is 3.81. The van der Waals surface area contributed by atoms with Crippen LogP contribution < -0.4 is 15.4 Å². The fourth-order valence-corrected chi connectivity index (χ4v) is 3.52. The molecule has 2 saturated carbocycles. The number of carbonyl (C=O) groups excluding carboxylic acids is 2. The fraction of sp³-hybridized carbons (Fsp3) is 0.579. The molecular weight excluding hydrogens is 354 g/mol. The van der Waals surface area contributed by atoms with Crippen LogP contribution in [-0.4, -0.2) is 54.5 Å². The minimum atomic E-state index is -0.363. The average molecular weight is 380 g/mol. The normalized spacial score (nSPS) is 25.5. The smallest absolute Gasteiger partial charge is 0.258 e. The first kappa shape index (κ1) is 19.0. The molecule has 1 aromatic carbocycles. The molecule has 0 aromatic heterocycles. The maximum atomic E-state index is 12.5. The lowest BCUT2D eigenvalue weighted by Gasteiger charge is -2.24. The molecule has 2 amide bonds. The molecule has 2 unspecified atom stereocenters. The van der Waals surface area contributed by atoms with Crippen molar-refractivity contribution in [1.29, 1.82) is 0 Å². The highest BCUT2D eigenvalue weighted by molar-refractivity contribution is 6.30. The quantitative estimate of drug-likeness (QED) is 0.724. The van der Waals surface area contributed by atoms with Crippen LogP contribution in [0.1, 0.15) is 32.6 Å². The van der Waals surface area contributed by atoms with Gasteiger partial charge in [-0.25, -0.2) is 0 Å². The summed E-state index contributed by atoms with van der Waals surface area (Å²) in [6, 6.07) is 6.86. The SMILES string of the molecule is CCC1(NC(=O)COc2ccc(Cl)cc2)CC1NC(=O)C1(N(C)C)CC1. The molecule has 142 valence electrons. The summed E-state index contributed by atoms with van der Waals surface area (Å²) in [5.74, 6) is 0.471. The van der Waals surface area contributed by atoms with Gasteiger partial charge in [-0.1, -0.05) is 18.5 Å². The van der Waals surface area contributed by atoms with Crippen molar-refractivity contribution < 1.29 is 14.3 Å². The van der Waals surface area contributed by atoms with Crippen molar-refractivity contribution in [3.63, 3.8) is 0 Å². The Labute approximate surface area is 159 Å². The molecule has 6 nitrogen and oxygen atoms in total. The third-order valence-corrected chi connectivity index (χ3v) is 5.84. The molecule has 2 fully saturated rings. The first-order valence-corrected chi connectivity index (χ1v) is 9.37. The number of hydrogen-bond donors (Lipinski definition) is 2. The zero-order valence-corrected chi connectivity index (χ0v) is 16.2. The standard InChI is InChI=1S/C19H26ClN3O3/c1-4-18(11-15(18)21-17(25)19(9-10-19)23(2)3)22-16(24)12-26-14-7-5-13(20)6-8-14/h5-8,15H,4,9-12H2,1-3H3,(H,21,25)(H,22,24). The Balaban J connectivity index is 1.49. The molecule has 2 atom stereocenters. The summed E-state index contributed by atoms with van der Waals surface area (Å²) < 4.78 is 5.49. The summed E-state index contributed by atoms with van der Waals surface area (Å²) >= 11 is 5.83. The van der Waals surface area contributed by atoms with E-state index in [2.05, 4.69) is 10.6 Å². The van der Waals surface area contributed by atoms with E-state index in [0.29, 0.717) is 10.8 Å². The summed E-state index contributed by atoms with van der Waals surface area (Å²) in [5, 5.41) is 6.77. The largest absolute Gasteiger partial charge is 0.484 e. The summed E-state index contributed by atoms with van der Waals surface area (Å²) in [5.41, 5.74) is -0.720. The highest BCUT2D eigenvalue weighted by atomic mass is 35.5. The first-order chi connectivity index (χ1) is 12.3. The highest BCUT2D eigenvalue weighted by Crippen LogP contribution is 2.43. The number of ether oxygens (including phenoxy) is 1. The zero-order valence-electron chi connectivity index (χ0n) is 15.5. The van der Waals surface area contributed by atoms with Gasteiger partial charge in [0.1, 0.15) is 5.75 Å². The van der Waals surface area contributed by atoms with E-state index in [1.54, 1.807) is 24.3 Å². The van der Waals surface area contributed by atoms with Crippen molar-refractivity contribution in [1.82, 2.24) is 15.5 Å². The van der Waals surface area contributed by atoms with Crippen molar-refractivity contribution >= 4 is 23.4 Å². The van der Waals surface area contributed by atoms with Crippen LogP contribution >= 0.6 is 11.6 Å². The van der Waals surface area contributed by atoms with Gasteiger partial charge in [0.25, 0.3) is 5.91 Å². The van der Waals surface area contributed by atoms with Crippen molar-refractivity contribution in [2.45, 2.75) is 49.7 Å². The second-order valence-corrected chi connectivity index (χ2v) is 7.89. The van der Waals surface area contributed by atoms with Crippen LogP contribution in [-0.2, 0) is 9.59 Å². The number of hydrogen-bond acceptors (Lipinski definition) is 4. The van der Waals surface area contributed by atoms with Gasteiger partial charge in [-0.05, 0) is 64.0 Å². The van der Waals surface area contributed by atoms with Crippen LogP contribution in [0.2, 0.25) is 5.02 Å². The highest BCUT2D eigenvalue weighted by Gasteiger charge is 2.59. The van der Waals surface area contributed by atoms with E-state index in [-0.39, 0.29) is 35.5 Å². The molecule has 0 radical (unpaired) electrons. The molecule has 1 aromatic rings. The van der Waals surface area contributed by atoms with E-state index in [0.717, 1.165) is 25.7 Å². The Kier molecular flexibility index (Phi) is 5.17. The maximum Gasteiger partial charge on any atom is 0.258 e. The van der Waals surface area contributed by atoms with E-state index in [4.69, 9.17) is 16.3 Å². The minimum absolute atomic E-state index is 0.0168. The lowest BCUT2D eigenvalue weighted by Crippen LogP contribution is -2.50. The van der Waals surface area contributed by atoms with E-state index < -0.39 is 0 Å². The van der Waals surface area contributed by atoms with Gasteiger partial charge in [0.2, 0.25) is 5.91 Å². The van der Waals surface area contributed by atoms with Crippen molar-refractivity contribution in [3.8, 4) is 5.75 Å². The first-order valence-electron chi connectivity index (χ1n) is 8.99. The second kappa shape index (κ2) is 7.08. The van der Waals surface area contributed by atoms with Gasteiger partial charge < -0.3 is 15.4 Å². The van der Waals surface area contributed by atoms with Crippen LogP contribution in [0.5, 0.6) is 5.75 Å². The van der Waals surface area contributed by atoms with Crippen molar-refractivity contribution in [2.24, 2.45) is 0 Å². The molecule has 0 bridgehead atoms. The average Bonchev–Trinajstić information content (AvgIpc) is 3.50. The lowest BCUT2D eigenvalue weighted by atomic mass is 10.1. The molecule has 2 aliphatic carbocycles. The van der Waals surface area contributed by atoms with Crippen LogP contribution in [0.15, 0.2) is 24.3 Å². The molecule has 3 rings (SSSR count). The molecule has 0 spiro atoms. The number of amides is 2. The number of halogens is 1. The van der Waals surface area contributed by atoms with Gasteiger partial charge in [0.15, 0.2) is 6.61 Å². The van der Waals surface area contributed by atoms with Gasteiger partial charge >= 0.3 is 0 Å². The van der Waals surface area contributed by atoms with Crippen LogP contribution in [0.3, 0.4) is 0 Å². The number of benzene rings is 1. The maximum absolute atomic E-state index is 12.5. The van der Waals surface area contributed by atoms with Gasteiger partial charge in [-0.15, -0.1) is 0 Å². The summed E-state index contributed by atoms with van der Waals surface area (Å²) in [7, 11) is 3.87. The summed E-state index contributed by atoms with van der Waals surface area (Å²) in [6.07, 6.45) is 3.29. The van der Waals surface area contributed by atoms with E-state index >= 15 is 0 Å². The monoisotopic (exact) mass is 379 g/mol. The number of nitrogens with one attached hydrogen (secondary N) is 2. The number of rotatable bonds is 8. The summed E-state index contributed by atoms with van der Waals surface area (Å²) in [6.45, 7) is 1.96. The van der Waals surface area contributed by atoms with Crippen molar-refractivity contribution in [2.75, 3.05) is 20.7 Å². The predicted molar refractivity (Wildman–Crippen MR) is 100 cm³/mol. The molecule has 2 aliphatic rings. The topological polar surface area (TPSA) is 70.7 Å². The Morgan fingerprint density at radius 3 is 2.46 bits per heavy atom. The van der Waals surface area contributed by atoms with Crippen LogP contribution in [0.4, 0.5) is 0 Å². The Hall–Kier alpha value is -1.79. The number of carbonyl (C=O) groups is 2. The van der Waals surface area contributed by atoms with Crippen molar-refractivity contribution in [3.05, 3.63) is 29.3 Å². The lowest BCUT2D eigenvalue weighted by molar-refractivity contribution is -0.128. The Morgan fingerprint density at radius 1 is 1.27 bits per heavy atom. The Morgan fingerprint density at radius 2 is 1.92 bits per heavy atom. The molecule has 7 heteroatoms. The molecule has 0 aliphatic heterocycles. The van der Waals surface area contributed by atoms with Crippen LogP contribution in [0, 0.1) is 0 Å². The molecule has 0 heterocycles. The zero-order chi connectivity index (χ0) is 18.9. The van der Waals surface area contributed by atoms with Gasteiger partial charge in [0, 0.05) is 5.02 Å². The second-order valence-electron chi connectivity index (χ2n) is 7.46. The Bertz CT molecular complexity index is 688. The number of nitrogens with zero attached hydrogens (tertiary/aromatic N) is 1.